The smallest absolute Gasteiger partial charge is 0.255 e. The summed E-state index contributed by atoms with van der Waals surface area (Å²) in [6.07, 6.45) is 5.49. The first-order valence-electron chi connectivity index (χ1n) is 8.10. The predicted molar refractivity (Wildman–Crippen MR) is 92.3 cm³/mol. The van der Waals surface area contributed by atoms with Crippen molar-refractivity contribution in [3.05, 3.63) is 40.3 Å². The number of methoxy groups -OCH3 is 1. The first kappa shape index (κ1) is 17.1. The average Bonchev–Trinajstić information content (AvgIpc) is 3.30. The van der Waals surface area contributed by atoms with Gasteiger partial charge in [0, 0.05) is 32.3 Å². The molecule has 0 N–H and O–H groups in total. The summed E-state index contributed by atoms with van der Waals surface area (Å²) in [5.41, 5.74) is 1.88. The lowest BCUT2D eigenvalue weighted by molar-refractivity contribution is 0.000500. The molecule has 0 unspecified atom stereocenters. The Morgan fingerprint density at radius 3 is 3.00 bits per heavy atom. The molecule has 1 aliphatic rings. The van der Waals surface area contributed by atoms with Crippen molar-refractivity contribution in [1.29, 1.82) is 0 Å². The summed E-state index contributed by atoms with van der Waals surface area (Å²) < 4.78 is 12.9. The molecule has 1 saturated heterocycles. The van der Waals surface area contributed by atoms with Gasteiger partial charge in [-0.25, -0.2) is 0 Å². The van der Waals surface area contributed by atoms with Crippen LogP contribution >= 0.6 is 11.3 Å². The van der Waals surface area contributed by atoms with Crippen LogP contribution in [0.1, 0.15) is 22.3 Å². The Kier molecular flexibility index (Phi) is 5.65. The number of aryl methyl sites for hydroxylation is 1. The Balaban J connectivity index is 1.75. The van der Waals surface area contributed by atoms with Crippen molar-refractivity contribution >= 4 is 17.2 Å². The Morgan fingerprint density at radius 2 is 2.33 bits per heavy atom. The zero-order chi connectivity index (χ0) is 16.9. The topological polar surface area (TPSA) is 56.6 Å². The van der Waals surface area contributed by atoms with Crippen molar-refractivity contribution in [3.8, 4) is 0 Å². The molecule has 0 spiro atoms. The number of amides is 1. The maximum atomic E-state index is 12.8. The van der Waals surface area contributed by atoms with Crippen molar-refractivity contribution in [2.45, 2.75) is 25.0 Å². The molecule has 24 heavy (non-hydrogen) atoms. The van der Waals surface area contributed by atoms with Gasteiger partial charge in [0.15, 0.2) is 0 Å². The van der Waals surface area contributed by atoms with Gasteiger partial charge in [-0.15, -0.1) is 0 Å². The third-order valence-electron chi connectivity index (χ3n) is 4.34. The van der Waals surface area contributed by atoms with E-state index in [9.17, 15) is 4.79 Å². The van der Waals surface area contributed by atoms with Gasteiger partial charge in [-0.05, 0) is 29.9 Å². The van der Waals surface area contributed by atoms with Crippen molar-refractivity contribution in [2.75, 3.05) is 26.9 Å². The highest BCUT2D eigenvalue weighted by Crippen LogP contribution is 2.26. The van der Waals surface area contributed by atoms with E-state index in [1.54, 1.807) is 23.1 Å². The fourth-order valence-electron chi connectivity index (χ4n) is 3.17. The van der Waals surface area contributed by atoms with Crippen LogP contribution in [0.15, 0.2) is 29.2 Å². The van der Waals surface area contributed by atoms with Gasteiger partial charge in [-0.3, -0.25) is 9.48 Å². The van der Waals surface area contributed by atoms with Gasteiger partial charge in [0.05, 0.1) is 37.1 Å². The zero-order valence-corrected chi connectivity index (χ0v) is 14.9. The van der Waals surface area contributed by atoms with Crippen LogP contribution in [-0.4, -0.2) is 59.6 Å². The summed E-state index contributed by atoms with van der Waals surface area (Å²) in [6.45, 7) is 1.83. The van der Waals surface area contributed by atoms with Crippen LogP contribution in [0.4, 0.5) is 0 Å². The lowest BCUT2D eigenvalue weighted by Gasteiger charge is -2.28. The molecule has 6 nitrogen and oxygen atoms in total. The van der Waals surface area contributed by atoms with Gasteiger partial charge in [0.25, 0.3) is 5.91 Å². The van der Waals surface area contributed by atoms with Crippen LogP contribution in [0.2, 0.25) is 0 Å². The second-order valence-electron chi connectivity index (χ2n) is 6.00. The number of hydrogen-bond donors (Lipinski definition) is 0. The molecular weight excluding hydrogens is 326 g/mol. The van der Waals surface area contributed by atoms with Crippen molar-refractivity contribution < 1.29 is 14.3 Å². The third-order valence-corrected chi connectivity index (χ3v) is 5.02. The number of hydrogen-bond acceptors (Lipinski definition) is 5. The van der Waals surface area contributed by atoms with E-state index in [1.165, 1.54) is 0 Å². The fourth-order valence-corrected chi connectivity index (χ4v) is 3.80. The molecule has 0 bridgehead atoms. The highest BCUT2D eigenvalue weighted by molar-refractivity contribution is 7.08. The largest absolute Gasteiger partial charge is 0.382 e. The number of nitrogens with zero attached hydrogens (tertiary/aromatic N) is 3. The van der Waals surface area contributed by atoms with E-state index in [1.807, 2.05) is 41.2 Å². The van der Waals surface area contributed by atoms with E-state index in [2.05, 4.69) is 5.10 Å². The van der Waals surface area contributed by atoms with Gasteiger partial charge >= 0.3 is 0 Å². The first-order valence-corrected chi connectivity index (χ1v) is 9.04. The minimum Gasteiger partial charge on any atom is -0.382 e. The summed E-state index contributed by atoms with van der Waals surface area (Å²) in [5.74, 6) is 0.0861. The van der Waals surface area contributed by atoms with Gasteiger partial charge in [-0.2, -0.15) is 16.4 Å². The molecular formula is C17H23N3O3S. The van der Waals surface area contributed by atoms with Crippen LogP contribution in [0, 0.1) is 0 Å². The third kappa shape index (κ3) is 3.85. The second-order valence-corrected chi connectivity index (χ2v) is 6.78. The first-order chi connectivity index (χ1) is 11.7. The van der Waals surface area contributed by atoms with Gasteiger partial charge in [0.1, 0.15) is 0 Å². The van der Waals surface area contributed by atoms with E-state index in [4.69, 9.17) is 9.47 Å². The molecule has 1 fully saturated rings. The highest BCUT2D eigenvalue weighted by atomic mass is 32.1. The van der Waals surface area contributed by atoms with Gasteiger partial charge in [-0.1, -0.05) is 0 Å². The van der Waals surface area contributed by atoms with Crippen LogP contribution in [-0.2, 0) is 22.9 Å². The molecule has 3 heterocycles. The SMILES string of the molecule is COCCO[C@H]1CCN(C(=O)c2ccsc2)[C@H]1Cc1cnn(C)c1. The predicted octanol–water partition coefficient (Wildman–Crippen LogP) is 1.97. The number of likely N-dealkylation sites (tertiary alicyclic amines) is 1. The van der Waals surface area contributed by atoms with E-state index >= 15 is 0 Å². The quantitative estimate of drug-likeness (QED) is 0.717. The van der Waals surface area contributed by atoms with E-state index in [0.29, 0.717) is 13.2 Å². The van der Waals surface area contributed by atoms with E-state index in [0.717, 1.165) is 30.5 Å². The summed E-state index contributed by atoms with van der Waals surface area (Å²) in [7, 11) is 3.57. The molecule has 130 valence electrons. The monoisotopic (exact) mass is 349 g/mol. The number of rotatable bonds is 7. The average molecular weight is 349 g/mol. The van der Waals surface area contributed by atoms with Crippen molar-refractivity contribution in [3.63, 3.8) is 0 Å². The summed E-state index contributed by atoms with van der Waals surface area (Å²) >= 11 is 1.54. The molecule has 2 aromatic rings. The molecule has 3 rings (SSSR count). The molecule has 1 aliphatic heterocycles. The zero-order valence-electron chi connectivity index (χ0n) is 14.1. The highest BCUT2D eigenvalue weighted by Gasteiger charge is 2.38. The minimum atomic E-state index is 0.0263. The van der Waals surface area contributed by atoms with Gasteiger partial charge in [0.2, 0.25) is 0 Å². The Hall–Kier alpha value is -1.70. The van der Waals surface area contributed by atoms with Crippen molar-refractivity contribution in [2.24, 2.45) is 7.05 Å². The number of ether oxygens (including phenoxy) is 2. The standard InChI is InChI=1S/C17H23N3O3S/c1-19-11-13(10-18-19)9-15-16(23-7-6-22-2)3-5-20(15)17(21)14-4-8-24-12-14/h4,8,10-12,15-16H,3,5-7,9H2,1-2H3/t15-,16-/m0/s1. The molecule has 0 aromatic carbocycles. The molecule has 1 amide bonds. The molecule has 7 heteroatoms. The summed E-state index contributed by atoms with van der Waals surface area (Å²) in [4.78, 5) is 14.8. The van der Waals surface area contributed by atoms with Crippen molar-refractivity contribution in [1.82, 2.24) is 14.7 Å². The Labute approximate surface area is 146 Å². The van der Waals surface area contributed by atoms with Crippen LogP contribution in [0.3, 0.4) is 0 Å². The second kappa shape index (κ2) is 7.92. The number of carbonyl (C=O) groups excluding carboxylic acids is 1. The Bertz CT molecular complexity index is 656. The minimum absolute atomic E-state index is 0.0263. The van der Waals surface area contributed by atoms with E-state index < -0.39 is 0 Å². The summed E-state index contributed by atoms with van der Waals surface area (Å²) in [5, 5.41) is 8.07. The van der Waals surface area contributed by atoms with Gasteiger partial charge < -0.3 is 14.4 Å². The maximum absolute atomic E-state index is 12.8. The number of carbonyl (C=O) groups is 1. The Morgan fingerprint density at radius 1 is 1.46 bits per heavy atom. The van der Waals surface area contributed by atoms with Crippen LogP contribution in [0.5, 0.6) is 0 Å². The molecule has 0 saturated carbocycles. The van der Waals surface area contributed by atoms with Crippen LogP contribution < -0.4 is 0 Å². The normalized spacial score (nSPS) is 20.7. The van der Waals surface area contributed by atoms with E-state index in [-0.39, 0.29) is 18.1 Å². The lowest BCUT2D eigenvalue weighted by atomic mass is 10.0. The van der Waals surface area contributed by atoms with Crippen LogP contribution in [0.25, 0.3) is 0 Å². The number of thiophene rings is 1. The summed E-state index contributed by atoms with van der Waals surface area (Å²) in [6, 6.07) is 1.91. The molecule has 2 aromatic heterocycles. The fraction of sp³-hybridized carbons (Fsp3) is 0.529. The maximum Gasteiger partial charge on any atom is 0.255 e. The lowest BCUT2D eigenvalue weighted by Crippen LogP contribution is -2.42. The number of aromatic nitrogens is 2. The molecule has 0 aliphatic carbocycles. The molecule has 2 atom stereocenters. The molecule has 0 radical (unpaired) electrons.